The molecule has 0 fully saturated rings. The van der Waals surface area contributed by atoms with E-state index in [0.717, 1.165) is 0 Å². The average Bonchev–Trinajstić information content (AvgIpc) is 3.35. The molecule has 1 atom stereocenters. The number of benzene rings is 1. The van der Waals surface area contributed by atoms with Crippen LogP contribution in [0.5, 0.6) is 0 Å². The third-order valence-electron chi connectivity index (χ3n) is 6.51. The molecule has 1 unspecified atom stereocenters. The first-order valence-electron chi connectivity index (χ1n) is 13.2. The van der Waals surface area contributed by atoms with Crippen LogP contribution in [0.25, 0.3) is 5.69 Å². The van der Waals surface area contributed by atoms with E-state index in [1.165, 1.54) is 21.5 Å². The normalized spacial score (nSPS) is 11.7. The number of ether oxygens (including phenoxy) is 1. The number of pyridine rings is 1. The molecule has 0 saturated heterocycles. The average molecular weight is 591 g/mol. The molecule has 4 rings (SSSR count). The highest BCUT2D eigenvalue weighted by atomic mass is 35.5. The lowest BCUT2D eigenvalue weighted by atomic mass is 9.91. The Hall–Kier alpha value is -4.89. The molecule has 0 spiro atoms. The Morgan fingerprint density at radius 2 is 1.93 bits per heavy atom. The second kappa shape index (κ2) is 12.3. The number of anilines is 2. The molecule has 1 aromatic carbocycles. The smallest absolute Gasteiger partial charge is 0.359 e. The summed E-state index contributed by atoms with van der Waals surface area (Å²) in [5, 5.41) is 17.4. The van der Waals surface area contributed by atoms with E-state index >= 15 is 0 Å². The summed E-state index contributed by atoms with van der Waals surface area (Å²) in [5.41, 5.74) is 1.92. The van der Waals surface area contributed by atoms with Crippen molar-refractivity contribution in [3.8, 4) is 11.8 Å². The number of aromatic amines is 1. The number of carbonyl (C=O) groups is 1. The maximum absolute atomic E-state index is 13.4. The number of hydrogen-bond acceptors (Lipinski definition) is 9. The Bertz CT molecular complexity index is 1760. The molecule has 0 aliphatic carbocycles. The molecule has 42 heavy (non-hydrogen) atoms. The molecule has 3 aromatic heterocycles. The first kappa shape index (κ1) is 30.1. The van der Waals surface area contributed by atoms with Gasteiger partial charge in [-0.1, -0.05) is 37.6 Å². The van der Waals surface area contributed by atoms with Gasteiger partial charge >= 0.3 is 5.97 Å². The van der Waals surface area contributed by atoms with Gasteiger partial charge in [0.05, 0.1) is 41.9 Å². The zero-order chi connectivity index (χ0) is 30.7. The van der Waals surface area contributed by atoms with Gasteiger partial charge in [0.1, 0.15) is 10.7 Å². The van der Waals surface area contributed by atoms with Gasteiger partial charge in [-0.3, -0.25) is 14.6 Å². The maximum Gasteiger partial charge on any atom is 0.359 e. The summed E-state index contributed by atoms with van der Waals surface area (Å²) in [6, 6.07) is 9.71. The molecule has 4 aromatic rings. The number of H-pyrrole nitrogens is 1. The molecule has 12 nitrogen and oxygen atoms in total. The molecular formula is C29H31ClN8O4. The number of hydrogen-bond donors (Lipinski definition) is 2. The fourth-order valence-electron chi connectivity index (χ4n) is 4.56. The summed E-state index contributed by atoms with van der Waals surface area (Å²) in [7, 11) is 5.08. The second-order valence-corrected chi connectivity index (χ2v) is 10.5. The van der Waals surface area contributed by atoms with Crippen LogP contribution in [-0.2, 0) is 11.8 Å². The molecule has 0 aliphatic rings. The van der Waals surface area contributed by atoms with E-state index < -0.39 is 17.6 Å². The van der Waals surface area contributed by atoms with Crippen LogP contribution in [0.4, 0.5) is 11.6 Å². The van der Waals surface area contributed by atoms with Gasteiger partial charge in [0, 0.05) is 32.9 Å². The van der Waals surface area contributed by atoms with E-state index in [9.17, 15) is 19.6 Å². The Labute approximate surface area is 247 Å². The lowest BCUT2D eigenvalue weighted by Crippen LogP contribution is -2.23. The van der Waals surface area contributed by atoms with Gasteiger partial charge in [-0.15, -0.1) is 0 Å². The van der Waals surface area contributed by atoms with Crippen molar-refractivity contribution in [2.24, 2.45) is 7.05 Å². The van der Waals surface area contributed by atoms with E-state index in [-0.39, 0.29) is 34.5 Å². The summed E-state index contributed by atoms with van der Waals surface area (Å²) >= 11 is 6.23. The Kier molecular flexibility index (Phi) is 8.82. The number of rotatable bonds is 9. The maximum atomic E-state index is 13.4. The predicted octanol–water partition coefficient (Wildman–Crippen LogP) is 3.75. The lowest BCUT2D eigenvalue weighted by Gasteiger charge is -2.24. The summed E-state index contributed by atoms with van der Waals surface area (Å²) < 4.78 is 8.16. The van der Waals surface area contributed by atoms with Gasteiger partial charge in [-0.2, -0.15) is 10.4 Å². The van der Waals surface area contributed by atoms with Gasteiger partial charge < -0.3 is 19.5 Å². The fourth-order valence-corrected chi connectivity index (χ4v) is 4.81. The van der Waals surface area contributed by atoms with Crippen molar-refractivity contribution < 1.29 is 9.53 Å². The molecule has 3 heterocycles. The number of aromatic nitrogens is 5. The third kappa shape index (κ3) is 5.91. The lowest BCUT2D eigenvalue weighted by molar-refractivity contribution is 0.0517. The van der Waals surface area contributed by atoms with E-state index in [1.54, 1.807) is 63.4 Å². The van der Waals surface area contributed by atoms with Crippen LogP contribution in [0.15, 0.2) is 52.3 Å². The summed E-state index contributed by atoms with van der Waals surface area (Å²) in [5.74, 6) is -0.562. The van der Waals surface area contributed by atoms with Crippen LogP contribution in [0.2, 0.25) is 5.02 Å². The van der Waals surface area contributed by atoms with Crippen molar-refractivity contribution in [3.63, 3.8) is 0 Å². The summed E-state index contributed by atoms with van der Waals surface area (Å²) in [4.78, 5) is 47.7. The van der Waals surface area contributed by atoms with E-state index in [1.807, 2.05) is 13.8 Å². The second-order valence-electron chi connectivity index (χ2n) is 10.1. The molecule has 0 aliphatic heterocycles. The standard InChI is InChI=1S/C29H31ClN8O4/c1-7-42-28(41)24-22(25(16(2)3)38(35-24)21-14-32-29(36(4)5)34-26(21)39)23(18-10-8-17(13-31)9-11-18)33-19-12-20(30)27(40)37(6)15-19/h8-12,14-16,23,33H,7H2,1-6H3,(H,32,34,39). The van der Waals surface area contributed by atoms with Crippen molar-refractivity contribution in [2.75, 3.05) is 30.9 Å². The summed E-state index contributed by atoms with van der Waals surface area (Å²) in [6.07, 6.45) is 2.99. The first-order chi connectivity index (χ1) is 20.0. The molecule has 218 valence electrons. The fraction of sp³-hybridized carbons (Fsp3) is 0.310. The number of esters is 1. The molecule has 2 N–H and O–H groups in total. The van der Waals surface area contributed by atoms with Crippen molar-refractivity contribution >= 4 is 29.2 Å². The Morgan fingerprint density at radius 1 is 1.24 bits per heavy atom. The van der Waals surface area contributed by atoms with Crippen molar-refractivity contribution in [1.29, 1.82) is 5.26 Å². The minimum Gasteiger partial charge on any atom is -0.461 e. The van der Waals surface area contributed by atoms with E-state index in [2.05, 4.69) is 26.5 Å². The van der Waals surface area contributed by atoms with Crippen LogP contribution in [0, 0.1) is 11.3 Å². The quantitative estimate of drug-likeness (QED) is 0.278. The van der Waals surface area contributed by atoms with Gasteiger partial charge in [0.15, 0.2) is 5.69 Å². The van der Waals surface area contributed by atoms with Crippen LogP contribution >= 0.6 is 11.6 Å². The monoisotopic (exact) mass is 590 g/mol. The van der Waals surface area contributed by atoms with Gasteiger partial charge in [-0.05, 0) is 36.6 Å². The topological polar surface area (TPSA) is 151 Å². The third-order valence-corrected chi connectivity index (χ3v) is 6.78. The Morgan fingerprint density at radius 3 is 2.48 bits per heavy atom. The van der Waals surface area contributed by atoms with Crippen molar-refractivity contribution in [2.45, 2.75) is 32.7 Å². The number of carbonyl (C=O) groups excluding carboxylic acids is 1. The van der Waals surface area contributed by atoms with Crippen LogP contribution < -0.4 is 21.3 Å². The predicted molar refractivity (Wildman–Crippen MR) is 160 cm³/mol. The number of halogens is 1. The van der Waals surface area contributed by atoms with Gasteiger partial charge in [-0.25, -0.2) is 14.5 Å². The number of nitriles is 1. The highest BCUT2D eigenvalue weighted by molar-refractivity contribution is 6.30. The number of nitrogens with one attached hydrogen (secondary N) is 2. The van der Waals surface area contributed by atoms with Crippen LogP contribution in [-0.4, -0.2) is 51.0 Å². The SMILES string of the molecule is CCOC(=O)c1nn(-c2cnc(N(C)C)[nH]c2=O)c(C(C)C)c1C(Nc1cc(Cl)c(=O)n(C)c1)c1ccc(C#N)cc1. The highest BCUT2D eigenvalue weighted by Gasteiger charge is 2.33. The molecule has 0 saturated carbocycles. The minimum absolute atomic E-state index is 0.00469. The molecule has 0 radical (unpaired) electrons. The largest absolute Gasteiger partial charge is 0.461 e. The first-order valence-corrected chi connectivity index (χ1v) is 13.5. The minimum atomic E-state index is -0.745. The molecular weight excluding hydrogens is 560 g/mol. The number of aryl methyl sites for hydroxylation is 1. The van der Waals surface area contributed by atoms with Crippen molar-refractivity contribution in [3.05, 3.63) is 96.5 Å². The highest BCUT2D eigenvalue weighted by Crippen LogP contribution is 2.36. The zero-order valence-corrected chi connectivity index (χ0v) is 24.9. The van der Waals surface area contributed by atoms with E-state index in [4.69, 9.17) is 16.3 Å². The molecule has 13 heteroatoms. The van der Waals surface area contributed by atoms with Crippen LogP contribution in [0.3, 0.4) is 0 Å². The van der Waals surface area contributed by atoms with Gasteiger partial charge in [0.25, 0.3) is 11.1 Å². The van der Waals surface area contributed by atoms with E-state index in [0.29, 0.717) is 34.0 Å². The number of nitrogens with zero attached hydrogens (tertiary/aromatic N) is 6. The molecule has 0 amide bonds. The summed E-state index contributed by atoms with van der Waals surface area (Å²) in [6.45, 7) is 5.63. The zero-order valence-electron chi connectivity index (χ0n) is 24.1. The Balaban J connectivity index is 2.05. The van der Waals surface area contributed by atoms with Crippen molar-refractivity contribution in [1.82, 2.24) is 24.3 Å². The van der Waals surface area contributed by atoms with Gasteiger partial charge in [0.2, 0.25) is 5.95 Å². The molecule has 0 bridgehead atoms. The van der Waals surface area contributed by atoms with Crippen LogP contribution in [0.1, 0.15) is 65.6 Å².